The highest BCUT2D eigenvalue weighted by Gasteiger charge is 2.39. The fourth-order valence-corrected chi connectivity index (χ4v) is 4.82. The lowest BCUT2D eigenvalue weighted by atomic mass is 9.95. The monoisotopic (exact) mass is 391 g/mol. The van der Waals surface area contributed by atoms with Gasteiger partial charge in [-0.1, -0.05) is 6.42 Å². The number of pyridine rings is 1. The first-order valence-corrected chi connectivity index (χ1v) is 10.2. The molecule has 0 saturated heterocycles. The number of anilines is 1. The van der Waals surface area contributed by atoms with Crippen LogP contribution in [0, 0.1) is 11.8 Å². The Labute approximate surface area is 169 Å². The highest BCUT2D eigenvalue weighted by molar-refractivity contribution is 5.92. The molecule has 2 aliphatic rings. The van der Waals surface area contributed by atoms with Crippen molar-refractivity contribution in [2.24, 2.45) is 18.9 Å². The molecule has 7 nitrogen and oxygen atoms in total. The van der Waals surface area contributed by atoms with Crippen LogP contribution in [-0.2, 0) is 7.05 Å². The Morgan fingerprint density at radius 1 is 1.17 bits per heavy atom. The third kappa shape index (κ3) is 3.30. The van der Waals surface area contributed by atoms with E-state index in [9.17, 15) is 4.79 Å². The van der Waals surface area contributed by atoms with Gasteiger partial charge in [0.2, 0.25) is 5.95 Å². The molecule has 2 fully saturated rings. The van der Waals surface area contributed by atoms with Gasteiger partial charge in [0, 0.05) is 38.5 Å². The Bertz CT molecular complexity index is 1080. The van der Waals surface area contributed by atoms with E-state index in [0.29, 0.717) is 23.2 Å². The molecule has 2 bridgehead atoms. The Morgan fingerprint density at radius 3 is 2.79 bits per heavy atom. The number of nitrogens with one attached hydrogen (secondary N) is 2. The molecule has 2 aliphatic carbocycles. The molecule has 3 atom stereocenters. The third-order valence-electron chi connectivity index (χ3n) is 6.33. The summed E-state index contributed by atoms with van der Waals surface area (Å²) < 4.78 is 8.07. The summed E-state index contributed by atoms with van der Waals surface area (Å²) in [5, 5.41) is 6.25. The minimum absolute atomic E-state index is 0.244. The molecule has 2 heterocycles. The van der Waals surface area contributed by atoms with E-state index in [4.69, 9.17) is 9.72 Å². The summed E-state index contributed by atoms with van der Waals surface area (Å²) in [5.41, 5.74) is 2.27. The van der Waals surface area contributed by atoms with Crippen LogP contribution in [0.2, 0.25) is 0 Å². The second kappa shape index (κ2) is 7.06. The van der Waals surface area contributed by atoms with Crippen molar-refractivity contribution >= 4 is 22.9 Å². The number of aryl methyl sites for hydroxylation is 1. The van der Waals surface area contributed by atoms with Crippen molar-refractivity contribution in [1.29, 1.82) is 0 Å². The molecule has 2 N–H and O–H groups in total. The average molecular weight is 391 g/mol. The van der Waals surface area contributed by atoms with E-state index in [0.717, 1.165) is 28.8 Å². The average Bonchev–Trinajstić information content (AvgIpc) is 3.43. The Kier molecular flexibility index (Phi) is 4.38. The Hall–Kier alpha value is -3.09. The van der Waals surface area contributed by atoms with Crippen LogP contribution in [0.15, 0.2) is 36.5 Å². The number of aromatic nitrogens is 3. The topological polar surface area (TPSA) is 81.1 Å². The predicted molar refractivity (Wildman–Crippen MR) is 111 cm³/mol. The van der Waals surface area contributed by atoms with E-state index in [1.165, 1.54) is 25.7 Å². The number of ether oxygens (including phenoxy) is 1. The number of fused-ring (bicyclic) bond motifs is 3. The Balaban J connectivity index is 1.37. The highest BCUT2D eigenvalue weighted by Crippen LogP contribution is 2.45. The van der Waals surface area contributed by atoms with Crippen LogP contribution >= 0.6 is 0 Å². The molecule has 3 aromatic rings. The van der Waals surface area contributed by atoms with Crippen molar-refractivity contribution in [3.8, 4) is 11.5 Å². The van der Waals surface area contributed by atoms with Gasteiger partial charge >= 0.3 is 0 Å². The fourth-order valence-electron chi connectivity index (χ4n) is 4.82. The summed E-state index contributed by atoms with van der Waals surface area (Å²) in [7, 11) is 3.62. The molecule has 0 aliphatic heterocycles. The molecule has 3 unspecified atom stereocenters. The van der Waals surface area contributed by atoms with Crippen LogP contribution in [0.25, 0.3) is 11.0 Å². The fraction of sp³-hybridized carbons (Fsp3) is 0.409. The van der Waals surface area contributed by atoms with Gasteiger partial charge in [0.05, 0.1) is 11.0 Å². The molecule has 29 heavy (non-hydrogen) atoms. The maximum Gasteiger partial charge on any atom is 0.269 e. The highest BCUT2D eigenvalue weighted by atomic mass is 16.5. The molecular weight excluding hydrogens is 366 g/mol. The third-order valence-corrected chi connectivity index (χ3v) is 6.33. The zero-order valence-corrected chi connectivity index (χ0v) is 16.7. The summed E-state index contributed by atoms with van der Waals surface area (Å²) in [6, 6.07) is 9.78. The van der Waals surface area contributed by atoms with Gasteiger partial charge in [-0.25, -0.2) is 4.98 Å². The first-order valence-electron chi connectivity index (χ1n) is 10.2. The van der Waals surface area contributed by atoms with E-state index in [-0.39, 0.29) is 5.91 Å². The summed E-state index contributed by atoms with van der Waals surface area (Å²) in [4.78, 5) is 20.7. The second-order valence-electron chi connectivity index (χ2n) is 8.13. The molecule has 5 rings (SSSR count). The predicted octanol–water partition coefficient (Wildman–Crippen LogP) is 3.72. The van der Waals surface area contributed by atoms with Gasteiger partial charge in [0.15, 0.2) is 0 Å². The zero-order valence-electron chi connectivity index (χ0n) is 16.7. The normalized spacial score (nSPS) is 22.8. The number of amides is 1. The summed E-state index contributed by atoms with van der Waals surface area (Å²) in [6.45, 7) is 0. The van der Waals surface area contributed by atoms with E-state index < -0.39 is 0 Å². The van der Waals surface area contributed by atoms with Crippen LogP contribution in [0.4, 0.5) is 5.95 Å². The summed E-state index contributed by atoms with van der Waals surface area (Å²) >= 11 is 0. The van der Waals surface area contributed by atoms with Gasteiger partial charge in [-0.15, -0.1) is 0 Å². The minimum Gasteiger partial charge on any atom is -0.457 e. The smallest absolute Gasteiger partial charge is 0.269 e. The lowest BCUT2D eigenvalue weighted by molar-refractivity contribution is 0.0958. The maximum atomic E-state index is 11.8. The summed E-state index contributed by atoms with van der Waals surface area (Å²) in [6.07, 6.45) is 6.93. The summed E-state index contributed by atoms with van der Waals surface area (Å²) in [5.74, 6) is 3.60. The quantitative estimate of drug-likeness (QED) is 0.693. The van der Waals surface area contributed by atoms with Crippen molar-refractivity contribution in [1.82, 2.24) is 19.9 Å². The van der Waals surface area contributed by atoms with Crippen LogP contribution in [0.3, 0.4) is 0 Å². The largest absolute Gasteiger partial charge is 0.457 e. The minimum atomic E-state index is -0.244. The van der Waals surface area contributed by atoms with E-state index in [2.05, 4.69) is 20.2 Å². The molecule has 150 valence electrons. The van der Waals surface area contributed by atoms with Gasteiger partial charge in [-0.2, -0.15) is 0 Å². The standard InChI is InChI=1S/C22H25N5O2/c1-23-21(28)19-12-16(7-8-24-19)29-15-5-6-20-18(11-15)26-22(27(20)2)25-17-10-13-3-4-14(17)9-13/h5-8,11-14,17H,3-4,9-10H2,1-2H3,(H,23,28)(H,25,26). The second-order valence-corrected chi connectivity index (χ2v) is 8.13. The van der Waals surface area contributed by atoms with Crippen molar-refractivity contribution in [2.45, 2.75) is 31.7 Å². The molecule has 0 spiro atoms. The lowest BCUT2D eigenvalue weighted by Crippen LogP contribution is -2.27. The lowest BCUT2D eigenvalue weighted by Gasteiger charge is -2.23. The number of nitrogens with zero attached hydrogens (tertiary/aromatic N) is 3. The van der Waals surface area contributed by atoms with Crippen molar-refractivity contribution < 1.29 is 9.53 Å². The number of hydrogen-bond donors (Lipinski definition) is 2. The van der Waals surface area contributed by atoms with Gasteiger partial charge in [0.25, 0.3) is 5.91 Å². The van der Waals surface area contributed by atoms with E-state index >= 15 is 0 Å². The number of imidazole rings is 1. The van der Waals surface area contributed by atoms with Crippen LogP contribution in [-0.4, -0.2) is 33.5 Å². The van der Waals surface area contributed by atoms with Gasteiger partial charge in [-0.3, -0.25) is 9.78 Å². The molecule has 0 radical (unpaired) electrons. The van der Waals surface area contributed by atoms with E-state index in [1.54, 1.807) is 25.4 Å². The number of rotatable bonds is 5. The molecule has 1 aromatic carbocycles. The molecule has 2 saturated carbocycles. The van der Waals surface area contributed by atoms with Gasteiger partial charge in [-0.05, 0) is 49.3 Å². The van der Waals surface area contributed by atoms with Gasteiger partial charge in [0.1, 0.15) is 17.2 Å². The van der Waals surface area contributed by atoms with Crippen LogP contribution < -0.4 is 15.4 Å². The van der Waals surface area contributed by atoms with Crippen molar-refractivity contribution in [2.75, 3.05) is 12.4 Å². The maximum absolute atomic E-state index is 11.8. The SMILES string of the molecule is CNC(=O)c1cc(Oc2ccc3c(c2)nc(NC2CC4CCC2C4)n3C)ccn1. The number of benzene rings is 1. The van der Waals surface area contributed by atoms with Crippen molar-refractivity contribution in [3.63, 3.8) is 0 Å². The molecule has 1 amide bonds. The number of carbonyl (C=O) groups is 1. The Morgan fingerprint density at radius 2 is 2.03 bits per heavy atom. The number of hydrogen-bond acceptors (Lipinski definition) is 5. The van der Waals surface area contributed by atoms with Crippen LogP contribution in [0.1, 0.15) is 36.2 Å². The number of carbonyl (C=O) groups excluding carboxylic acids is 1. The molecular formula is C22H25N5O2. The van der Waals surface area contributed by atoms with Crippen molar-refractivity contribution in [3.05, 3.63) is 42.2 Å². The van der Waals surface area contributed by atoms with E-state index in [1.807, 2.05) is 25.2 Å². The first kappa shape index (κ1) is 18.0. The van der Waals surface area contributed by atoms with Crippen LogP contribution in [0.5, 0.6) is 11.5 Å². The molecule has 7 heteroatoms. The molecule has 2 aromatic heterocycles. The van der Waals surface area contributed by atoms with Gasteiger partial charge < -0.3 is 19.9 Å². The zero-order chi connectivity index (χ0) is 20.0. The first-order chi connectivity index (χ1) is 14.1.